The van der Waals surface area contributed by atoms with Gasteiger partial charge in [-0.25, -0.2) is 4.98 Å². The SMILES string of the molecule is CC[C@@H](C)c1nc2ccc(Br)cc2c(=O)n1N=Cc1cc(C)n(C)c1C. The van der Waals surface area contributed by atoms with Crippen LogP contribution in [0, 0.1) is 13.8 Å². The van der Waals surface area contributed by atoms with Crippen LogP contribution < -0.4 is 5.56 Å². The molecule has 0 saturated heterocycles. The van der Waals surface area contributed by atoms with E-state index in [9.17, 15) is 4.79 Å². The minimum absolute atomic E-state index is 0.131. The lowest BCUT2D eigenvalue weighted by Crippen LogP contribution is -2.23. The molecule has 0 bridgehead atoms. The quantitative estimate of drug-likeness (QED) is 0.589. The Morgan fingerprint density at radius 1 is 1.31 bits per heavy atom. The second-order valence-electron chi connectivity index (χ2n) is 6.69. The van der Waals surface area contributed by atoms with Crippen LogP contribution in [0.15, 0.2) is 38.6 Å². The minimum Gasteiger partial charge on any atom is -0.352 e. The number of nitrogens with zero attached hydrogens (tertiary/aromatic N) is 4. The zero-order valence-electron chi connectivity index (χ0n) is 15.7. The summed E-state index contributed by atoms with van der Waals surface area (Å²) in [7, 11) is 2.02. The molecule has 0 amide bonds. The standard InChI is InChI=1S/C20H23BrN4O/c1-6-12(2)19-23-18-8-7-16(21)10-17(18)20(26)25(19)22-11-15-9-13(3)24(5)14(15)4/h7-12H,6H2,1-5H3/t12-/m1/s1. The van der Waals surface area contributed by atoms with Crippen molar-refractivity contribution >= 4 is 33.0 Å². The molecule has 0 aliphatic carbocycles. The summed E-state index contributed by atoms with van der Waals surface area (Å²) in [4.78, 5) is 17.8. The number of hydrogen-bond acceptors (Lipinski definition) is 3. The molecular formula is C20H23BrN4O. The molecule has 0 fully saturated rings. The Morgan fingerprint density at radius 2 is 2.04 bits per heavy atom. The highest BCUT2D eigenvalue weighted by atomic mass is 79.9. The van der Waals surface area contributed by atoms with Gasteiger partial charge >= 0.3 is 0 Å². The zero-order chi connectivity index (χ0) is 19.0. The van der Waals surface area contributed by atoms with Crippen molar-refractivity contribution in [2.24, 2.45) is 12.1 Å². The van der Waals surface area contributed by atoms with Gasteiger partial charge in [-0.05, 0) is 44.5 Å². The lowest BCUT2D eigenvalue weighted by molar-refractivity contribution is 0.613. The van der Waals surface area contributed by atoms with Gasteiger partial charge in [0.25, 0.3) is 5.56 Å². The molecular weight excluding hydrogens is 392 g/mol. The normalized spacial score (nSPS) is 13.0. The van der Waals surface area contributed by atoms with Crippen LogP contribution in [0.5, 0.6) is 0 Å². The topological polar surface area (TPSA) is 52.2 Å². The van der Waals surface area contributed by atoms with E-state index in [1.54, 1.807) is 12.3 Å². The molecule has 5 nitrogen and oxygen atoms in total. The highest BCUT2D eigenvalue weighted by Gasteiger charge is 2.15. The summed E-state index contributed by atoms with van der Waals surface area (Å²) in [5.41, 5.74) is 3.82. The van der Waals surface area contributed by atoms with Gasteiger partial charge < -0.3 is 4.57 Å². The molecule has 1 aromatic carbocycles. The van der Waals surface area contributed by atoms with Crippen LogP contribution in [0.1, 0.15) is 49.0 Å². The van der Waals surface area contributed by atoms with Crippen LogP contribution in [-0.2, 0) is 7.05 Å². The van der Waals surface area contributed by atoms with Crippen molar-refractivity contribution < 1.29 is 0 Å². The van der Waals surface area contributed by atoms with Gasteiger partial charge in [-0.3, -0.25) is 4.79 Å². The van der Waals surface area contributed by atoms with E-state index in [2.05, 4.69) is 52.4 Å². The maximum Gasteiger partial charge on any atom is 0.282 e. The van der Waals surface area contributed by atoms with Crippen LogP contribution >= 0.6 is 15.9 Å². The first-order chi connectivity index (χ1) is 12.3. The van der Waals surface area contributed by atoms with Crippen molar-refractivity contribution in [2.45, 2.75) is 40.0 Å². The van der Waals surface area contributed by atoms with Crippen LogP contribution in [0.3, 0.4) is 0 Å². The molecule has 136 valence electrons. The Labute approximate surface area is 161 Å². The van der Waals surface area contributed by atoms with E-state index in [4.69, 9.17) is 4.98 Å². The van der Waals surface area contributed by atoms with Crippen LogP contribution in [-0.4, -0.2) is 20.4 Å². The fourth-order valence-electron chi connectivity index (χ4n) is 2.91. The average Bonchev–Trinajstić information content (AvgIpc) is 2.87. The van der Waals surface area contributed by atoms with E-state index in [1.165, 1.54) is 4.68 Å². The third-order valence-corrected chi connectivity index (χ3v) is 5.51. The van der Waals surface area contributed by atoms with Gasteiger partial charge in [-0.15, -0.1) is 0 Å². The van der Waals surface area contributed by atoms with E-state index in [1.807, 2.05) is 26.1 Å². The van der Waals surface area contributed by atoms with Gasteiger partial charge in [-0.1, -0.05) is 29.8 Å². The molecule has 2 aromatic heterocycles. The van der Waals surface area contributed by atoms with E-state index >= 15 is 0 Å². The van der Waals surface area contributed by atoms with Crippen molar-refractivity contribution in [3.8, 4) is 0 Å². The Morgan fingerprint density at radius 3 is 2.65 bits per heavy atom. The number of aryl methyl sites for hydroxylation is 1. The highest BCUT2D eigenvalue weighted by molar-refractivity contribution is 9.10. The molecule has 1 atom stereocenters. The highest BCUT2D eigenvalue weighted by Crippen LogP contribution is 2.21. The third-order valence-electron chi connectivity index (χ3n) is 5.01. The summed E-state index contributed by atoms with van der Waals surface area (Å²) in [6.07, 6.45) is 2.63. The zero-order valence-corrected chi connectivity index (χ0v) is 17.3. The van der Waals surface area contributed by atoms with Crippen molar-refractivity contribution in [1.29, 1.82) is 0 Å². The van der Waals surface area contributed by atoms with Crippen LogP contribution in [0.4, 0.5) is 0 Å². The fourth-order valence-corrected chi connectivity index (χ4v) is 3.28. The lowest BCUT2D eigenvalue weighted by atomic mass is 10.1. The van der Waals surface area contributed by atoms with E-state index < -0.39 is 0 Å². The molecule has 0 aliphatic rings. The van der Waals surface area contributed by atoms with Gasteiger partial charge in [0.05, 0.1) is 17.1 Å². The molecule has 0 N–H and O–H groups in total. The van der Waals surface area contributed by atoms with E-state index in [-0.39, 0.29) is 11.5 Å². The monoisotopic (exact) mass is 414 g/mol. The van der Waals surface area contributed by atoms with Crippen LogP contribution in [0.25, 0.3) is 10.9 Å². The Kier molecular flexibility index (Phi) is 5.14. The summed E-state index contributed by atoms with van der Waals surface area (Å²) in [5, 5.41) is 5.09. The van der Waals surface area contributed by atoms with Crippen molar-refractivity contribution in [3.05, 3.63) is 61.9 Å². The predicted octanol–water partition coefficient (Wildman–Crippen LogP) is 4.51. The minimum atomic E-state index is -0.145. The average molecular weight is 415 g/mol. The van der Waals surface area contributed by atoms with E-state index in [0.29, 0.717) is 16.7 Å². The van der Waals surface area contributed by atoms with Crippen molar-refractivity contribution in [2.75, 3.05) is 0 Å². The first-order valence-electron chi connectivity index (χ1n) is 8.73. The molecule has 3 aromatic rings. The van der Waals surface area contributed by atoms with Crippen molar-refractivity contribution in [1.82, 2.24) is 14.2 Å². The summed E-state index contributed by atoms with van der Waals surface area (Å²) in [6.45, 7) is 8.25. The van der Waals surface area contributed by atoms with Gasteiger partial charge in [-0.2, -0.15) is 9.78 Å². The molecule has 0 saturated carbocycles. The summed E-state index contributed by atoms with van der Waals surface area (Å²) < 4.78 is 4.41. The Balaban J connectivity index is 2.22. The molecule has 0 aliphatic heterocycles. The Hall–Kier alpha value is -2.21. The molecule has 26 heavy (non-hydrogen) atoms. The van der Waals surface area contributed by atoms with Gasteiger partial charge in [0.15, 0.2) is 0 Å². The molecule has 2 heterocycles. The lowest BCUT2D eigenvalue weighted by Gasteiger charge is -2.13. The number of aromatic nitrogens is 3. The molecule has 0 unspecified atom stereocenters. The second kappa shape index (κ2) is 7.19. The second-order valence-corrected chi connectivity index (χ2v) is 7.60. The summed E-state index contributed by atoms with van der Waals surface area (Å²) >= 11 is 3.43. The summed E-state index contributed by atoms with van der Waals surface area (Å²) in [5.74, 6) is 0.820. The maximum atomic E-state index is 13.1. The fraction of sp³-hybridized carbons (Fsp3) is 0.350. The van der Waals surface area contributed by atoms with Crippen molar-refractivity contribution in [3.63, 3.8) is 0 Å². The number of hydrogen-bond donors (Lipinski definition) is 0. The number of rotatable bonds is 4. The third kappa shape index (κ3) is 3.26. The maximum absolute atomic E-state index is 13.1. The van der Waals surface area contributed by atoms with Gasteiger partial charge in [0.2, 0.25) is 0 Å². The number of benzene rings is 1. The van der Waals surface area contributed by atoms with Crippen LogP contribution in [0.2, 0.25) is 0 Å². The first kappa shape index (κ1) is 18.6. The first-order valence-corrected chi connectivity index (χ1v) is 9.52. The largest absolute Gasteiger partial charge is 0.352 e. The molecule has 3 rings (SSSR count). The Bertz CT molecular complexity index is 1060. The summed E-state index contributed by atoms with van der Waals surface area (Å²) in [6, 6.07) is 7.64. The predicted molar refractivity (Wildman–Crippen MR) is 110 cm³/mol. The molecule has 0 spiro atoms. The molecule has 6 heteroatoms. The van der Waals surface area contributed by atoms with E-state index in [0.717, 1.165) is 27.8 Å². The number of halogens is 1. The number of fused-ring (bicyclic) bond motifs is 1. The smallest absolute Gasteiger partial charge is 0.282 e. The van der Waals surface area contributed by atoms with Gasteiger partial charge in [0.1, 0.15) is 5.82 Å². The molecule has 0 radical (unpaired) electrons. The van der Waals surface area contributed by atoms with Gasteiger partial charge in [0, 0.05) is 34.4 Å².